The molecular weight excluding hydrogens is 250 g/mol. The van der Waals surface area contributed by atoms with Crippen molar-refractivity contribution in [2.24, 2.45) is 0 Å². The highest BCUT2D eigenvalue weighted by Gasteiger charge is 2.21. The molecule has 3 heteroatoms. The van der Waals surface area contributed by atoms with Crippen molar-refractivity contribution in [3.63, 3.8) is 0 Å². The second kappa shape index (κ2) is 7.77. The number of rotatable bonds is 6. The van der Waals surface area contributed by atoms with Crippen LogP contribution >= 0.6 is 0 Å². The standard InChI is InChI=1S/C17H27NO2/c1-3-16(19)12-18-10-8-17(9-11-18)20-13-15-7-5-4-6-14(15)2/h4-7,16-17,19H,3,8-13H2,1-2H3/t16-/m1/s1. The number of hydrogen-bond donors (Lipinski definition) is 1. The molecule has 2 rings (SSSR count). The maximum absolute atomic E-state index is 9.69. The number of hydrogen-bond acceptors (Lipinski definition) is 3. The molecule has 1 aliphatic heterocycles. The largest absolute Gasteiger partial charge is 0.392 e. The summed E-state index contributed by atoms with van der Waals surface area (Å²) in [7, 11) is 0. The Kier molecular flexibility index (Phi) is 6.02. The Balaban J connectivity index is 1.71. The first kappa shape index (κ1) is 15.5. The number of aryl methyl sites for hydroxylation is 1. The van der Waals surface area contributed by atoms with Crippen LogP contribution in [-0.2, 0) is 11.3 Å². The van der Waals surface area contributed by atoms with Crippen LogP contribution in [0.4, 0.5) is 0 Å². The van der Waals surface area contributed by atoms with Gasteiger partial charge in [0.1, 0.15) is 0 Å². The number of benzene rings is 1. The van der Waals surface area contributed by atoms with Gasteiger partial charge in [0.15, 0.2) is 0 Å². The van der Waals surface area contributed by atoms with Crippen LogP contribution in [0.1, 0.15) is 37.3 Å². The summed E-state index contributed by atoms with van der Waals surface area (Å²) < 4.78 is 6.04. The molecule has 0 saturated carbocycles. The molecule has 1 heterocycles. The third-order valence-electron chi connectivity index (χ3n) is 4.21. The summed E-state index contributed by atoms with van der Waals surface area (Å²) in [5.41, 5.74) is 2.59. The maximum atomic E-state index is 9.69. The molecule has 0 unspecified atom stereocenters. The van der Waals surface area contributed by atoms with Crippen LogP contribution in [0.5, 0.6) is 0 Å². The second-order valence-electron chi connectivity index (χ2n) is 5.80. The van der Waals surface area contributed by atoms with Gasteiger partial charge in [-0.3, -0.25) is 0 Å². The summed E-state index contributed by atoms with van der Waals surface area (Å²) in [5, 5.41) is 9.69. The Morgan fingerprint density at radius 3 is 2.65 bits per heavy atom. The molecule has 20 heavy (non-hydrogen) atoms. The monoisotopic (exact) mass is 277 g/mol. The average Bonchev–Trinajstić information content (AvgIpc) is 2.48. The Labute approximate surface area is 122 Å². The van der Waals surface area contributed by atoms with Crippen molar-refractivity contribution in [2.45, 2.75) is 51.9 Å². The fourth-order valence-corrected chi connectivity index (χ4v) is 2.67. The number of piperidine rings is 1. The molecule has 0 aliphatic carbocycles. The molecule has 0 amide bonds. The maximum Gasteiger partial charge on any atom is 0.0723 e. The van der Waals surface area contributed by atoms with Gasteiger partial charge < -0.3 is 14.7 Å². The molecule has 3 nitrogen and oxygen atoms in total. The molecule has 1 aliphatic rings. The zero-order valence-corrected chi connectivity index (χ0v) is 12.7. The van der Waals surface area contributed by atoms with Gasteiger partial charge in [-0.2, -0.15) is 0 Å². The van der Waals surface area contributed by atoms with Crippen LogP contribution in [0, 0.1) is 6.92 Å². The van der Waals surface area contributed by atoms with E-state index in [0.717, 1.165) is 45.5 Å². The smallest absolute Gasteiger partial charge is 0.0723 e. The van der Waals surface area contributed by atoms with Crippen molar-refractivity contribution in [2.75, 3.05) is 19.6 Å². The number of β-amino-alcohol motifs (C(OH)–C–C–N with tert-alkyl or cyclic N) is 1. The summed E-state index contributed by atoms with van der Waals surface area (Å²) >= 11 is 0. The normalized spacial score (nSPS) is 19.1. The number of ether oxygens (including phenoxy) is 1. The van der Waals surface area contributed by atoms with E-state index in [1.807, 2.05) is 6.92 Å². The fourth-order valence-electron chi connectivity index (χ4n) is 2.67. The molecule has 0 radical (unpaired) electrons. The van der Waals surface area contributed by atoms with E-state index in [-0.39, 0.29) is 6.10 Å². The lowest BCUT2D eigenvalue weighted by Gasteiger charge is -2.33. The molecule has 0 bridgehead atoms. The number of nitrogens with zero attached hydrogens (tertiary/aromatic N) is 1. The van der Waals surface area contributed by atoms with E-state index in [0.29, 0.717) is 6.10 Å². The molecule has 1 aromatic carbocycles. The zero-order valence-electron chi connectivity index (χ0n) is 12.7. The van der Waals surface area contributed by atoms with Crippen LogP contribution in [0.15, 0.2) is 24.3 Å². The lowest BCUT2D eigenvalue weighted by atomic mass is 10.1. The highest BCUT2D eigenvalue weighted by Crippen LogP contribution is 2.17. The van der Waals surface area contributed by atoms with Crippen molar-refractivity contribution in [3.05, 3.63) is 35.4 Å². The molecule has 0 aromatic heterocycles. The third kappa shape index (κ3) is 4.58. The van der Waals surface area contributed by atoms with Crippen molar-refractivity contribution in [3.8, 4) is 0 Å². The molecule has 1 N–H and O–H groups in total. The molecule has 1 aromatic rings. The van der Waals surface area contributed by atoms with Gasteiger partial charge in [0, 0.05) is 19.6 Å². The third-order valence-corrected chi connectivity index (χ3v) is 4.21. The van der Waals surface area contributed by atoms with Gasteiger partial charge in [-0.05, 0) is 37.3 Å². The van der Waals surface area contributed by atoms with E-state index in [4.69, 9.17) is 4.74 Å². The van der Waals surface area contributed by atoms with E-state index in [1.54, 1.807) is 0 Å². The highest BCUT2D eigenvalue weighted by molar-refractivity contribution is 5.24. The Morgan fingerprint density at radius 1 is 1.30 bits per heavy atom. The average molecular weight is 277 g/mol. The lowest BCUT2D eigenvalue weighted by Crippen LogP contribution is -2.40. The van der Waals surface area contributed by atoms with Gasteiger partial charge in [-0.15, -0.1) is 0 Å². The van der Waals surface area contributed by atoms with Gasteiger partial charge in [0.2, 0.25) is 0 Å². The Morgan fingerprint density at radius 2 is 2.00 bits per heavy atom. The topological polar surface area (TPSA) is 32.7 Å². The van der Waals surface area contributed by atoms with E-state index in [2.05, 4.69) is 36.1 Å². The summed E-state index contributed by atoms with van der Waals surface area (Å²) in [6, 6.07) is 8.41. The van der Waals surface area contributed by atoms with E-state index in [1.165, 1.54) is 11.1 Å². The fraction of sp³-hybridized carbons (Fsp3) is 0.647. The molecular formula is C17H27NO2. The Hall–Kier alpha value is -0.900. The summed E-state index contributed by atoms with van der Waals surface area (Å²) in [6.45, 7) is 7.76. The molecule has 1 fully saturated rings. The predicted molar refractivity (Wildman–Crippen MR) is 81.7 cm³/mol. The van der Waals surface area contributed by atoms with Crippen molar-refractivity contribution in [1.82, 2.24) is 4.90 Å². The zero-order chi connectivity index (χ0) is 14.4. The summed E-state index contributed by atoms with van der Waals surface area (Å²) in [4.78, 5) is 2.35. The minimum atomic E-state index is -0.181. The van der Waals surface area contributed by atoms with Crippen LogP contribution in [0.3, 0.4) is 0 Å². The van der Waals surface area contributed by atoms with Crippen LogP contribution in [0.25, 0.3) is 0 Å². The van der Waals surface area contributed by atoms with Gasteiger partial charge in [0.25, 0.3) is 0 Å². The van der Waals surface area contributed by atoms with Crippen LogP contribution in [-0.4, -0.2) is 41.8 Å². The van der Waals surface area contributed by atoms with Crippen molar-refractivity contribution in [1.29, 1.82) is 0 Å². The number of aliphatic hydroxyl groups is 1. The van der Waals surface area contributed by atoms with Gasteiger partial charge in [0.05, 0.1) is 18.8 Å². The van der Waals surface area contributed by atoms with Crippen molar-refractivity contribution >= 4 is 0 Å². The highest BCUT2D eigenvalue weighted by atomic mass is 16.5. The van der Waals surface area contributed by atoms with Gasteiger partial charge in [-0.1, -0.05) is 31.2 Å². The van der Waals surface area contributed by atoms with E-state index >= 15 is 0 Å². The molecule has 1 saturated heterocycles. The summed E-state index contributed by atoms with van der Waals surface area (Å²) in [5.74, 6) is 0. The first-order valence-corrected chi connectivity index (χ1v) is 7.75. The quantitative estimate of drug-likeness (QED) is 0.868. The molecule has 112 valence electrons. The summed E-state index contributed by atoms with van der Waals surface area (Å²) in [6.07, 6.45) is 3.16. The minimum Gasteiger partial charge on any atom is -0.392 e. The van der Waals surface area contributed by atoms with Crippen LogP contribution < -0.4 is 0 Å². The van der Waals surface area contributed by atoms with Gasteiger partial charge >= 0.3 is 0 Å². The Bertz CT molecular complexity index is 400. The first-order chi connectivity index (χ1) is 9.69. The van der Waals surface area contributed by atoms with Crippen molar-refractivity contribution < 1.29 is 9.84 Å². The van der Waals surface area contributed by atoms with E-state index in [9.17, 15) is 5.11 Å². The lowest BCUT2D eigenvalue weighted by molar-refractivity contribution is -0.0110. The first-order valence-electron chi connectivity index (χ1n) is 7.75. The minimum absolute atomic E-state index is 0.181. The molecule has 0 spiro atoms. The second-order valence-corrected chi connectivity index (χ2v) is 5.80. The predicted octanol–water partition coefficient (Wildman–Crippen LogP) is 2.75. The number of aliphatic hydroxyl groups excluding tert-OH is 1. The SMILES string of the molecule is CC[C@@H](O)CN1CCC(OCc2ccccc2C)CC1. The number of likely N-dealkylation sites (tertiary alicyclic amines) is 1. The van der Waals surface area contributed by atoms with Crippen LogP contribution in [0.2, 0.25) is 0 Å². The van der Waals surface area contributed by atoms with Gasteiger partial charge in [-0.25, -0.2) is 0 Å². The molecule has 1 atom stereocenters. The van der Waals surface area contributed by atoms with E-state index < -0.39 is 0 Å².